The zero-order valence-corrected chi connectivity index (χ0v) is 12.7. The molecular formula is C19H16N2O2. The molecule has 0 unspecified atom stereocenters. The van der Waals surface area contributed by atoms with Crippen molar-refractivity contribution in [3.05, 3.63) is 84.2 Å². The van der Waals surface area contributed by atoms with E-state index < -0.39 is 0 Å². The summed E-state index contributed by atoms with van der Waals surface area (Å²) in [5.41, 5.74) is 2.26. The van der Waals surface area contributed by atoms with Gasteiger partial charge in [0.05, 0.1) is 0 Å². The Morgan fingerprint density at radius 1 is 0.913 bits per heavy atom. The molecule has 3 rings (SSSR count). The fourth-order valence-corrected chi connectivity index (χ4v) is 2.04. The van der Waals surface area contributed by atoms with Crippen molar-refractivity contribution in [2.75, 3.05) is 5.32 Å². The highest BCUT2D eigenvalue weighted by Crippen LogP contribution is 2.23. The van der Waals surface area contributed by atoms with Gasteiger partial charge in [-0.3, -0.25) is 9.78 Å². The van der Waals surface area contributed by atoms with Crippen molar-refractivity contribution >= 4 is 11.6 Å². The summed E-state index contributed by atoms with van der Waals surface area (Å²) in [4.78, 5) is 16.0. The van der Waals surface area contributed by atoms with Crippen molar-refractivity contribution in [3.63, 3.8) is 0 Å². The molecule has 2 aromatic carbocycles. The van der Waals surface area contributed by atoms with Gasteiger partial charge in [0.25, 0.3) is 5.91 Å². The van der Waals surface area contributed by atoms with E-state index in [0.29, 0.717) is 17.1 Å². The van der Waals surface area contributed by atoms with E-state index in [0.717, 1.165) is 5.75 Å². The number of hydrogen-bond acceptors (Lipinski definition) is 3. The van der Waals surface area contributed by atoms with Crippen LogP contribution >= 0.6 is 0 Å². The van der Waals surface area contributed by atoms with Crippen LogP contribution in [0.15, 0.2) is 72.9 Å². The molecule has 114 valence electrons. The highest BCUT2D eigenvalue weighted by Gasteiger charge is 2.06. The van der Waals surface area contributed by atoms with Gasteiger partial charge in [0.1, 0.15) is 17.2 Å². The van der Waals surface area contributed by atoms with Crippen LogP contribution in [0.3, 0.4) is 0 Å². The van der Waals surface area contributed by atoms with E-state index in [4.69, 9.17) is 4.74 Å². The number of carbonyl (C=O) groups excluding carboxylic acids is 1. The third kappa shape index (κ3) is 3.95. The topological polar surface area (TPSA) is 51.2 Å². The van der Waals surface area contributed by atoms with Crippen LogP contribution in [0.25, 0.3) is 0 Å². The minimum atomic E-state index is -0.238. The summed E-state index contributed by atoms with van der Waals surface area (Å²) in [7, 11) is 0. The van der Waals surface area contributed by atoms with Gasteiger partial charge < -0.3 is 10.1 Å². The zero-order valence-electron chi connectivity index (χ0n) is 12.7. The molecule has 1 N–H and O–H groups in total. The van der Waals surface area contributed by atoms with Crippen LogP contribution in [0.5, 0.6) is 11.5 Å². The summed E-state index contributed by atoms with van der Waals surface area (Å²) in [6.45, 7) is 2.03. The number of amides is 1. The molecule has 23 heavy (non-hydrogen) atoms. The third-order valence-electron chi connectivity index (χ3n) is 3.27. The number of aromatic nitrogens is 1. The van der Waals surface area contributed by atoms with Gasteiger partial charge in [0.2, 0.25) is 0 Å². The van der Waals surface area contributed by atoms with Crippen LogP contribution in [0.4, 0.5) is 5.69 Å². The molecule has 0 fully saturated rings. The lowest BCUT2D eigenvalue weighted by Crippen LogP contribution is -2.13. The highest BCUT2D eigenvalue weighted by molar-refractivity contribution is 6.02. The van der Waals surface area contributed by atoms with E-state index in [1.807, 2.05) is 43.3 Å². The number of ether oxygens (including phenoxy) is 1. The normalized spacial score (nSPS) is 10.1. The van der Waals surface area contributed by atoms with Crippen molar-refractivity contribution in [3.8, 4) is 11.5 Å². The number of nitrogens with one attached hydrogen (secondary N) is 1. The Labute approximate surface area is 134 Å². The average molecular weight is 304 g/mol. The maximum absolute atomic E-state index is 12.0. The Kier molecular flexibility index (Phi) is 4.34. The zero-order chi connectivity index (χ0) is 16.1. The minimum absolute atomic E-state index is 0.238. The van der Waals surface area contributed by atoms with Gasteiger partial charge in [0.15, 0.2) is 0 Å². The van der Waals surface area contributed by atoms with E-state index >= 15 is 0 Å². The largest absolute Gasteiger partial charge is 0.457 e. The maximum Gasteiger partial charge on any atom is 0.274 e. The molecule has 1 heterocycles. The van der Waals surface area contributed by atoms with Crippen molar-refractivity contribution in [1.29, 1.82) is 0 Å². The molecule has 4 nitrogen and oxygen atoms in total. The van der Waals surface area contributed by atoms with Crippen molar-refractivity contribution in [2.24, 2.45) is 0 Å². The van der Waals surface area contributed by atoms with Gasteiger partial charge in [-0.2, -0.15) is 0 Å². The van der Waals surface area contributed by atoms with E-state index in [-0.39, 0.29) is 5.91 Å². The predicted octanol–water partition coefficient (Wildman–Crippen LogP) is 4.43. The molecule has 4 heteroatoms. The molecule has 0 radical (unpaired) electrons. The van der Waals surface area contributed by atoms with Crippen molar-refractivity contribution in [1.82, 2.24) is 4.98 Å². The summed E-state index contributed by atoms with van der Waals surface area (Å²) in [5, 5.41) is 2.80. The number of pyridine rings is 1. The third-order valence-corrected chi connectivity index (χ3v) is 3.27. The first kappa shape index (κ1) is 14.8. The number of anilines is 1. The summed E-state index contributed by atoms with van der Waals surface area (Å²) in [6, 6.07) is 20.3. The number of aryl methyl sites for hydroxylation is 1. The SMILES string of the molecule is Cc1ccc(Oc2ccc(NC(=O)c3ccccn3)cc2)cc1. The average Bonchev–Trinajstić information content (AvgIpc) is 2.59. The van der Waals surface area contributed by atoms with E-state index in [2.05, 4.69) is 10.3 Å². The van der Waals surface area contributed by atoms with Crippen LogP contribution in [0.2, 0.25) is 0 Å². The maximum atomic E-state index is 12.0. The number of rotatable bonds is 4. The Balaban J connectivity index is 1.65. The van der Waals surface area contributed by atoms with Crippen molar-refractivity contribution in [2.45, 2.75) is 6.92 Å². The molecule has 0 saturated heterocycles. The number of nitrogens with zero attached hydrogens (tertiary/aromatic N) is 1. The predicted molar refractivity (Wildman–Crippen MR) is 89.9 cm³/mol. The van der Waals surface area contributed by atoms with Crippen LogP contribution in [0, 0.1) is 6.92 Å². The summed E-state index contributed by atoms with van der Waals surface area (Å²) < 4.78 is 5.75. The Morgan fingerprint density at radius 2 is 1.57 bits per heavy atom. The lowest BCUT2D eigenvalue weighted by atomic mass is 10.2. The van der Waals surface area contributed by atoms with E-state index in [1.54, 1.807) is 36.5 Å². The van der Waals surface area contributed by atoms with Crippen LogP contribution in [0.1, 0.15) is 16.1 Å². The van der Waals surface area contributed by atoms with Gasteiger partial charge in [-0.1, -0.05) is 23.8 Å². The smallest absolute Gasteiger partial charge is 0.274 e. The molecule has 0 atom stereocenters. The second kappa shape index (κ2) is 6.75. The molecule has 0 bridgehead atoms. The van der Waals surface area contributed by atoms with Gasteiger partial charge in [-0.15, -0.1) is 0 Å². The highest BCUT2D eigenvalue weighted by atomic mass is 16.5. The van der Waals surface area contributed by atoms with E-state index in [1.165, 1.54) is 5.56 Å². The Morgan fingerprint density at radius 3 is 2.17 bits per heavy atom. The molecule has 1 aromatic heterocycles. The van der Waals surface area contributed by atoms with Gasteiger partial charge in [-0.05, 0) is 55.5 Å². The van der Waals surface area contributed by atoms with Crippen LogP contribution in [-0.4, -0.2) is 10.9 Å². The molecule has 0 aliphatic heterocycles. The molecule has 0 aliphatic carbocycles. The summed E-state index contributed by atoms with van der Waals surface area (Å²) >= 11 is 0. The summed E-state index contributed by atoms with van der Waals surface area (Å²) in [5.74, 6) is 1.25. The van der Waals surface area contributed by atoms with Crippen molar-refractivity contribution < 1.29 is 9.53 Å². The molecular weight excluding hydrogens is 288 g/mol. The van der Waals surface area contributed by atoms with E-state index in [9.17, 15) is 4.79 Å². The van der Waals surface area contributed by atoms with Gasteiger partial charge >= 0.3 is 0 Å². The molecule has 3 aromatic rings. The quantitative estimate of drug-likeness (QED) is 0.775. The van der Waals surface area contributed by atoms with Crippen LogP contribution < -0.4 is 10.1 Å². The lowest BCUT2D eigenvalue weighted by Gasteiger charge is -2.08. The first-order chi connectivity index (χ1) is 11.2. The summed E-state index contributed by atoms with van der Waals surface area (Å²) in [6.07, 6.45) is 1.59. The molecule has 1 amide bonds. The second-order valence-corrected chi connectivity index (χ2v) is 5.11. The lowest BCUT2D eigenvalue weighted by molar-refractivity contribution is 0.102. The Hall–Kier alpha value is -3.14. The fraction of sp³-hybridized carbons (Fsp3) is 0.0526. The molecule has 0 spiro atoms. The monoisotopic (exact) mass is 304 g/mol. The van der Waals surface area contributed by atoms with Gasteiger partial charge in [-0.25, -0.2) is 0 Å². The minimum Gasteiger partial charge on any atom is -0.457 e. The van der Waals surface area contributed by atoms with Gasteiger partial charge in [0, 0.05) is 11.9 Å². The molecule has 0 saturated carbocycles. The second-order valence-electron chi connectivity index (χ2n) is 5.11. The molecule has 0 aliphatic rings. The first-order valence-electron chi connectivity index (χ1n) is 7.28. The number of hydrogen-bond donors (Lipinski definition) is 1. The number of benzene rings is 2. The number of carbonyl (C=O) groups is 1. The first-order valence-corrected chi connectivity index (χ1v) is 7.28. The van der Waals surface area contributed by atoms with Crippen LogP contribution in [-0.2, 0) is 0 Å². The standard InChI is InChI=1S/C19H16N2O2/c1-14-5-9-16(10-6-14)23-17-11-7-15(8-12-17)21-19(22)18-4-2-3-13-20-18/h2-13H,1H3,(H,21,22). The Bertz CT molecular complexity index is 782. The fourth-order valence-electron chi connectivity index (χ4n) is 2.04.